The molecule has 0 radical (unpaired) electrons. The van der Waals surface area contributed by atoms with Crippen LogP contribution >= 0.6 is 0 Å². The van der Waals surface area contributed by atoms with Gasteiger partial charge in [-0.15, -0.1) is 9.69 Å². The van der Waals surface area contributed by atoms with Crippen LogP contribution in [0.5, 0.6) is 0 Å². The number of carbonyl (C=O) groups excluding carboxylic acids is 3. The van der Waals surface area contributed by atoms with Gasteiger partial charge in [0, 0.05) is 47.2 Å². The van der Waals surface area contributed by atoms with Gasteiger partial charge in [0.1, 0.15) is 36.5 Å². The van der Waals surface area contributed by atoms with Gasteiger partial charge in [-0.3, -0.25) is 9.59 Å². The second kappa shape index (κ2) is 10.3. The Morgan fingerprint density at radius 2 is 1.97 bits per heavy atom. The fraction of sp³-hybridized carbons (Fsp3) is 0.346. The average Bonchev–Trinajstić information content (AvgIpc) is 3.34. The van der Waals surface area contributed by atoms with Crippen molar-refractivity contribution in [2.45, 2.75) is 25.7 Å². The number of carbonyl (C=O) groups is 4. The zero-order valence-corrected chi connectivity index (χ0v) is 20.9. The van der Waals surface area contributed by atoms with E-state index in [-0.39, 0.29) is 72.5 Å². The number of pyridine rings is 1. The van der Waals surface area contributed by atoms with Crippen molar-refractivity contribution >= 4 is 46.5 Å². The molecule has 1 fully saturated rings. The molecule has 0 spiro atoms. The minimum Gasteiger partial charge on any atom is -0.481 e. The summed E-state index contributed by atoms with van der Waals surface area (Å²) in [5.74, 6) is -2.45. The molecule has 3 aromatic rings. The number of anilines is 1. The average molecular weight is 537 g/mol. The van der Waals surface area contributed by atoms with Crippen molar-refractivity contribution in [3.8, 4) is 11.1 Å². The summed E-state index contributed by atoms with van der Waals surface area (Å²) in [5.41, 5.74) is 1.64. The Morgan fingerprint density at radius 3 is 2.69 bits per heavy atom. The van der Waals surface area contributed by atoms with Crippen LogP contribution in [0.1, 0.15) is 31.2 Å². The predicted octanol–water partition coefficient (Wildman–Crippen LogP) is 1.59. The lowest BCUT2D eigenvalue weighted by molar-refractivity contribution is -0.145. The summed E-state index contributed by atoms with van der Waals surface area (Å²) in [6.07, 6.45) is 3.86. The Hall–Kier alpha value is -4.52. The van der Waals surface area contributed by atoms with Gasteiger partial charge < -0.3 is 25.9 Å². The van der Waals surface area contributed by atoms with Gasteiger partial charge in [-0.2, -0.15) is 0 Å². The number of nitrogens with zero attached hydrogens (tertiary/aromatic N) is 4. The van der Waals surface area contributed by atoms with Gasteiger partial charge in [-0.1, -0.05) is 4.79 Å². The van der Waals surface area contributed by atoms with Crippen LogP contribution in [0.3, 0.4) is 0 Å². The number of fused-ring (bicyclic) bond motifs is 2. The molecule has 6 rings (SSSR count). The van der Waals surface area contributed by atoms with Crippen molar-refractivity contribution in [1.82, 2.24) is 24.8 Å². The van der Waals surface area contributed by atoms with Gasteiger partial charge >= 0.3 is 11.9 Å². The molecule has 0 aliphatic carbocycles. The first kappa shape index (κ1) is 26.1. The lowest BCUT2D eigenvalue weighted by Gasteiger charge is -2.40. The number of aromatic nitrogens is 3. The highest BCUT2D eigenvalue weighted by Gasteiger charge is 2.46. The fourth-order valence-electron chi connectivity index (χ4n) is 5.47. The molecule has 3 aliphatic rings. The van der Waals surface area contributed by atoms with Crippen LogP contribution < -0.4 is 15.2 Å². The number of aldehydes is 1. The van der Waals surface area contributed by atoms with Crippen molar-refractivity contribution < 1.29 is 28.7 Å². The maximum atomic E-state index is 15.6. The first-order valence-electron chi connectivity index (χ1n) is 12.6. The number of aliphatic carboxylic acids is 1. The number of amides is 2. The summed E-state index contributed by atoms with van der Waals surface area (Å²) in [6, 6.07) is 4.53. The van der Waals surface area contributed by atoms with E-state index in [1.807, 2.05) is 0 Å². The third kappa shape index (κ3) is 4.65. The molecule has 5 heterocycles. The zero-order valence-electron chi connectivity index (χ0n) is 20.9. The Labute approximate surface area is 221 Å². The number of carboxylic acid groups (broad SMARTS) is 1. The highest BCUT2D eigenvalue weighted by Crippen LogP contribution is 2.38. The molecule has 1 saturated heterocycles. The second-order valence-corrected chi connectivity index (χ2v) is 9.68. The van der Waals surface area contributed by atoms with E-state index in [0.29, 0.717) is 41.2 Å². The van der Waals surface area contributed by atoms with Crippen molar-refractivity contribution in [2.24, 2.45) is 5.92 Å². The number of halogens is 1. The molecule has 2 amide bonds. The monoisotopic (exact) mass is 536 g/mol. The van der Waals surface area contributed by atoms with Crippen LogP contribution in [0.15, 0.2) is 30.6 Å². The van der Waals surface area contributed by atoms with Crippen molar-refractivity contribution in [3.63, 3.8) is 0 Å². The van der Waals surface area contributed by atoms with E-state index >= 15 is 4.39 Å². The first-order valence-corrected chi connectivity index (χ1v) is 12.6. The summed E-state index contributed by atoms with van der Waals surface area (Å²) in [7, 11) is 0. The third-order valence-corrected chi connectivity index (χ3v) is 7.43. The van der Waals surface area contributed by atoms with E-state index in [1.165, 1.54) is 18.5 Å². The lowest BCUT2D eigenvalue weighted by Crippen LogP contribution is -2.66. The maximum absolute atomic E-state index is 15.6. The highest BCUT2D eigenvalue weighted by atomic mass is 19.1. The molecule has 13 heteroatoms. The van der Waals surface area contributed by atoms with Gasteiger partial charge in [-0.25, -0.2) is 14.2 Å². The van der Waals surface area contributed by atoms with Crippen LogP contribution in [0, 0.1) is 17.1 Å². The fourth-order valence-corrected chi connectivity index (χ4v) is 5.47. The second-order valence-electron chi connectivity index (χ2n) is 9.68. The number of hydrogen-bond donors (Lipinski definition) is 4. The Bertz CT molecular complexity index is 1510. The molecule has 39 heavy (non-hydrogen) atoms. The number of carboxylic acids is 1. The van der Waals surface area contributed by atoms with Crippen molar-refractivity contribution in [3.05, 3.63) is 42.0 Å². The largest absolute Gasteiger partial charge is 0.481 e. The van der Waals surface area contributed by atoms with Crippen molar-refractivity contribution in [2.75, 3.05) is 31.5 Å². The van der Waals surface area contributed by atoms with E-state index < -0.39 is 17.7 Å². The van der Waals surface area contributed by atoms with Gasteiger partial charge in [0.15, 0.2) is 0 Å². The van der Waals surface area contributed by atoms with E-state index in [2.05, 4.69) is 20.7 Å². The number of rotatable bonds is 8. The number of benzene rings is 1. The van der Waals surface area contributed by atoms with E-state index in [1.54, 1.807) is 16.9 Å². The summed E-state index contributed by atoms with van der Waals surface area (Å²) < 4.78 is 15.3. The van der Waals surface area contributed by atoms with Gasteiger partial charge in [0.2, 0.25) is 5.91 Å². The first-order chi connectivity index (χ1) is 18.7. The third-order valence-electron chi connectivity index (χ3n) is 7.43. The Morgan fingerprint density at radius 1 is 1.21 bits per heavy atom. The normalized spacial score (nSPS) is 19.8. The van der Waals surface area contributed by atoms with E-state index in [0.717, 1.165) is 0 Å². The predicted molar refractivity (Wildman–Crippen MR) is 139 cm³/mol. The molecular weight excluding hydrogens is 509 g/mol. The smallest absolute Gasteiger partial charge is 0.340 e. The van der Waals surface area contributed by atoms with Crippen LogP contribution in [0.25, 0.3) is 22.0 Å². The van der Waals surface area contributed by atoms with Crippen LogP contribution in [0.4, 0.5) is 10.2 Å². The minimum atomic E-state index is -1.08. The minimum absolute atomic E-state index is 0.136. The lowest BCUT2D eigenvalue weighted by atomic mass is 9.85. The maximum Gasteiger partial charge on any atom is 0.340 e. The number of nitrogens with one attached hydrogen (secondary N) is 3. The number of hydrogen-bond acceptors (Lipinski definition) is 8. The molecule has 1 aromatic carbocycles. The Kier molecular flexibility index (Phi) is 6.91. The zero-order chi connectivity index (χ0) is 27.7. The van der Waals surface area contributed by atoms with Gasteiger partial charge in [-0.05, 0) is 23.8 Å². The summed E-state index contributed by atoms with van der Waals surface area (Å²) >= 11 is 0. The van der Waals surface area contributed by atoms with Crippen LogP contribution in [0.2, 0.25) is 0 Å². The molecular formula is C26H27FN7O5+. The van der Waals surface area contributed by atoms with E-state index in [4.69, 9.17) is 5.41 Å². The topological polar surface area (TPSA) is 167 Å². The SMILES string of the molecule is N=C1c2c(ccnc2NCC(=O)NCC=O)-c2cc3c(cnn3[N+]3(C(=O)CCC(=O)O)CCC1CC3)cc2F. The summed E-state index contributed by atoms with van der Waals surface area (Å²) in [5, 5.41) is 28.7. The van der Waals surface area contributed by atoms with E-state index in [9.17, 15) is 24.3 Å². The van der Waals surface area contributed by atoms with Gasteiger partial charge in [0.25, 0.3) is 0 Å². The summed E-state index contributed by atoms with van der Waals surface area (Å²) in [6.45, 7) is 0.216. The standard InChI is InChI=1S/C26H26FN7O5/c27-19-11-16-13-32-33-20(16)12-18(19)17-3-6-30-26(31-14-21(36)29-7-10-35)24(17)25(28)15-4-8-34(33,9-5-15)22(37)1-2-23(38)39/h3,6,10-13,15H,1-2,4-5,7-9,14H2,(H3-,28,29,30,31,36,38,39)/p+1. The van der Waals surface area contributed by atoms with Gasteiger partial charge in [0.05, 0.1) is 32.1 Å². The molecule has 0 atom stereocenters. The highest BCUT2D eigenvalue weighted by molar-refractivity contribution is 6.10. The quantitative estimate of drug-likeness (QED) is 0.249. The van der Waals surface area contributed by atoms with Crippen LogP contribution in [-0.4, -0.2) is 75.9 Å². The molecule has 4 N–H and O–H groups in total. The molecule has 3 aliphatic heterocycles. The molecule has 0 unspecified atom stereocenters. The Balaban J connectivity index is 1.66. The number of piperidine rings is 1. The molecule has 12 nitrogen and oxygen atoms in total. The number of quaternary nitrogens is 1. The molecule has 202 valence electrons. The van der Waals surface area contributed by atoms with Crippen molar-refractivity contribution in [1.29, 1.82) is 5.41 Å². The summed E-state index contributed by atoms with van der Waals surface area (Å²) in [4.78, 5) is 53.4. The molecule has 2 aromatic heterocycles. The molecule has 0 saturated carbocycles. The van der Waals surface area contributed by atoms with Crippen LogP contribution in [-0.2, 0) is 19.2 Å². The molecule has 4 bridgehead atoms.